The lowest BCUT2D eigenvalue weighted by Gasteiger charge is -2.35. The monoisotopic (exact) mass is 250 g/mol. The van der Waals surface area contributed by atoms with Crippen molar-refractivity contribution in [1.82, 2.24) is 20.0 Å². The standard InChI is InChI=1S/C13H22N4O/c1-2-5-15-8-10-17(11-9-15)13(18)12-16-6-3-14-4-7-16/h1,14H,3-12H2. The minimum Gasteiger partial charge on any atom is -0.339 e. The van der Waals surface area contributed by atoms with Crippen LogP contribution in [-0.2, 0) is 4.79 Å². The number of nitrogens with zero attached hydrogens (tertiary/aromatic N) is 3. The molecule has 2 rings (SSSR count). The molecule has 2 saturated heterocycles. The van der Waals surface area contributed by atoms with E-state index in [2.05, 4.69) is 21.0 Å². The van der Waals surface area contributed by atoms with E-state index in [1.54, 1.807) is 0 Å². The number of nitrogens with one attached hydrogen (secondary N) is 1. The highest BCUT2D eigenvalue weighted by Crippen LogP contribution is 2.03. The van der Waals surface area contributed by atoms with Gasteiger partial charge in [0, 0.05) is 52.4 Å². The third-order valence-corrected chi connectivity index (χ3v) is 3.61. The molecule has 0 atom stereocenters. The van der Waals surface area contributed by atoms with Crippen LogP contribution in [-0.4, -0.2) is 86.1 Å². The molecule has 1 amide bonds. The third-order valence-electron chi connectivity index (χ3n) is 3.61. The summed E-state index contributed by atoms with van der Waals surface area (Å²) in [5.41, 5.74) is 0. The topological polar surface area (TPSA) is 38.8 Å². The number of amides is 1. The third kappa shape index (κ3) is 3.70. The van der Waals surface area contributed by atoms with Gasteiger partial charge in [-0.2, -0.15) is 0 Å². The van der Waals surface area contributed by atoms with Gasteiger partial charge in [-0.1, -0.05) is 5.92 Å². The smallest absolute Gasteiger partial charge is 0.236 e. The van der Waals surface area contributed by atoms with E-state index in [0.717, 1.165) is 52.4 Å². The van der Waals surface area contributed by atoms with Crippen molar-refractivity contribution in [2.75, 3.05) is 65.4 Å². The van der Waals surface area contributed by atoms with Gasteiger partial charge >= 0.3 is 0 Å². The molecule has 100 valence electrons. The van der Waals surface area contributed by atoms with E-state index < -0.39 is 0 Å². The molecule has 2 aliphatic heterocycles. The predicted octanol–water partition coefficient (Wildman–Crippen LogP) is -1.33. The summed E-state index contributed by atoms with van der Waals surface area (Å²) in [4.78, 5) is 18.5. The van der Waals surface area contributed by atoms with Crippen molar-refractivity contribution in [2.24, 2.45) is 0 Å². The van der Waals surface area contributed by atoms with E-state index in [1.807, 2.05) is 4.90 Å². The van der Waals surface area contributed by atoms with Gasteiger partial charge in [0.2, 0.25) is 5.91 Å². The summed E-state index contributed by atoms with van der Waals surface area (Å²) < 4.78 is 0. The molecule has 0 aromatic rings. The van der Waals surface area contributed by atoms with E-state index in [1.165, 1.54) is 0 Å². The highest BCUT2D eigenvalue weighted by Gasteiger charge is 2.22. The van der Waals surface area contributed by atoms with Gasteiger partial charge in [-0.25, -0.2) is 0 Å². The van der Waals surface area contributed by atoms with Crippen LogP contribution in [0.4, 0.5) is 0 Å². The number of terminal acetylenes is 1. The first kappa shape index (κ1) is 13.3. The van der Waals surface area contributed by atoms with Gasteiger partial charge in [0.1, 0.15) is 0 Å². The molecule has 0 aliphatic carbocycles. The van der Waals surface area contributed by atoms with Crippen LogP contribution in [0.5, 0.6) is 0 Å². The molecule has 1 N–H and O–H groups in total. The average molecular weight is 250 g/mol. The van der Waals surface area contributed by atoms with Gasteiger partial charge in [-0.15, -0.1) is 6.42 Å². The van der Waals surface area contributed by atoms with Crippen molar-refractivity contribution in [3.05, 3.63) is 0 Å². The zero-order valence-corrected chi connectivity index (χ0v) is 10.9. The van der Waals surface area contributed by atoms with Crippen LogP contribution in [0.25, 0.3) is 0 Å². The second-order valence-corrected chi connectivity index (χ2v) is 4.89. The summed E-state index contributed by atoms with van der Waals surface area (Å²) in [7, 11) is 0. The van der Waals surface area contributed by atoms with Crippen LogP contribution in [0.3, 0.4) is 0 Å². The van der Waals surface area contributed by atoms with Gasteiger partial charge in [-0.3, -0.25) is 14.6 Å². The normalized spacial score (nSPS) is 22.7. The number of carbonyl (C=O) groups excluding carboxylic acids is 1. The maximum absolute atomic E-state index is 12.1. The van der Waals surface area contributed by atoms with Gasteiger partial charge in [0.15, 0.2) is 0 Å². The van der Waals surface area contributed by atoms with Crippen LogP contribution in [0.1, 0.15) is 0 Å². The van der Waals surface area contributed by atoms with Crippen LogP contribution in [0, 0.1) is 12.3 Å². The van der Waals surface area contributed by atoms with Gasteiger partial charge in [0.05, 0.1) is 13.1 Å². The summed E-state index contributed by atoms with van der Waals surface area (Å²) in [6.45, 7) is 8.61. The Kier molecular flexibility index (Phi) is 5.00. The second kappa shape index (κ2) is 6.74. The lowest BCUT2D eigenvalue weighted by molar-refractivity contribution is -0.134. The van der Waals surface area contributed by atoms with Crippen LogP contribution in [0.2, 0.25) is 0 Å². The molecule has 0 bridgehead atoms. The molecule has 0 spiro atoms. The molecule has 5 nitrogen and oxygen atoms in total. The number of piperazine rings is 2. The van der Waals surface area contributed by atoms with E-state index in [4.69, 9.17) is 6.42 Å². The first-order valence-corrected chi connectivity index (χ1v) is 6.66. The molecule has 2 aliphatic rings. The predicted molar refractivity (Wildman–Crippen MR) is 71.2 cm³/mol. The zero-order valence-electron chi connectivity index (χ0n) is 10.9. The highest BCUT2D eigenvalue weighted by molar-refractivity contribution is 5.78. The molecule has 5 heteroatoms. The Morgan fingerprint density at radius 1 is 1.06 bits per heavy atom. The van der Waals surface area contributed by atoms with E-state index in [-0.39, 0.29) is 5.91 Å². The minimum absolute atomic E-state index is 0.261. The second-order valence-electron chi connectivity index (χ2n) is 4.89. The van der Waals surface area contributed by atoms with Crippen LogP contribution >= 0.6 is 0 Å². The Morgan fingerprint density at radius 3 is 2.33 bits per heavy atom. The number of carbonyl (C=O) groups is 1. The summed E-state index contributed by atoms with van der Waals surface area (Å²) in [5.74, 6) is 2.92. The summed E-state index contributed by atoms with van der Waals surface area (Å²) in [6.07, 6.45) is 5.29. The fourth-order valence-corrected chi connectivity index (χ4v) is 2.45. The van der Waals surface area contributed by atoms with Crippen molar-refractivity contribution in [3.8, 4) is 12.3 Å². The number of rotatable bonds is 3. The molecular weight excluding hydrogens is 228 g/mol. The quantitative estimate of drug-likeness (QED) is 0.630. The van der Waals surface area contributed by atoms with Crippen molar-refractivity contribution in [2.45, 2.75) is 0 Å². The summed E-state index contributed by atoms with van der Waals surface area (Å²) in [5, 5.41) is 3.30. The fraction of sp³-hybridized carbons (Fsp3) is 0.769. The van der Waals surface area contributed by atoms with Gasteiger partial charge in [0.25, 0.3) is 0 Å². The molecule has 18 heavy (non-hydrogen) atoms. The molecule has 0 radical (unpaired) electrons. The van der Waals surface area contributed by atoms with E-state index in [9.17, 15) is 4.79 Å². The van der Waals surface area contributed by atoms with Crippen molar-refractivity contribution >= 4 is 5.91 Å². The average Bonchev–Trinajstić information content (AvgIpc) is 2.41. The minimum atomic E-state index is 0.261. The first-order chi connectivity index (χ1) is 8.79. The summed E-state index contributed by atoms with van der Waals surface area (Å²) >= 11 is 0. The molecule has 0 aromatic carbocycles. The Bertz CT molecular complexity index is 311. The molecule has 0 saturated carbocycles. The van der Waals surface area contributed by atoms with E-state index >= 15 is 0 Å². The first-order valence-electron chi connectivity index (χ1n) is 6.66. The van der Waals surface area contributed by atoms with Crippen molar-refractivity contribution < 1.29 is 4.79 Å². The highest BCUT2D eigenvalue weighted by atomic mass is 16.2. The van der Waals surface area contributed by atoms with E-state index in [0.29, 0.717) is 13.1 Å². The molecular formula is C13H22N4O. The SMILES string of the molecule is C#CCN1CCN(C(=O)CN2CCNCC2)CC1. The lowest BCUT2D eigenvalue weighted by atomic mass is 10.3. The maximum atomic E-state index is 12.1. The Morgan fingerprint density at radius 2 is 1.72 bits per heavy atom. The lowest BCUT2D eigenvalue weighted by Crippen LogP contribution is -2.53. The Balaban J connectivity index is 1.72. The van der Waals surface area contributed by atoms with Crippen LogP contribution in [0.15, 0.2) is 0 Å². The molecule has 2 fully saturated rings. The largest absolute Gasteiger partial charge is 0.339 e. The van der Waals surface area contributed by atoms with Crippen molar-refractivity contribution in [3.63, 3.8) is 0 Å². The number of hydrogen-bond acceptors (Lipinski definition) is 4. The van der Waals surface area contributed by atoms with Crippen LogP contribution < -0.4 is 5.32 Å². The fourth-order valence-electron chi connectivity index (χ4n) is 2.45. The number of hydrogen-bond donors (Lipinski definition) is 1. The van der Waals surface area contributed by atoms with Crippen molar-refractivity contribution in [1.29, 1.82) is 0 Å². The molecule has 0 unspecified atom stereocenters. The summed E-state index contributed by atoms with van der Waals surface area (Å²) in [6, 6.07) is 0. The van der Waals surface area contributed by atoms with Gasteiger partial charge in [-0.05, 0) is 0 Å². The zero-order chi connectivity index (χ0) is 12.8. The van der Waals surface area contributed by atoms with Gasteiger partial charge < -0.3 is 10.2 Å². The molecule has 0 aromatic heterocycles. The Hall–Kier alpha value is -1.09. The molecule has 2 heterocycles. The maximum Gasteiger partial charge on any atom is 0.236 e. The Labute approximate surface area is 109 Å².